The molecule has 0 amide bonds. The largest absolute Gasteiger partial charge is 0.486 e. The van der Waals surface area contributed by atoms with Gasteiger partial charge >= 0.3 is 6.18 Å². The molecule has 2 N–H and O–H groups in total. The van der Waals surface area contributed by atoms with E-state index in [1.165, 1.54) is 18.2 Å². The first-order valence-corrected chi connectivity index (χ1v) is 8.45. The van der Waals surface area contributed by atoms with Crippen LogP contribution in [-0.4, -0.2) is 26.6 Å². The molecule has 0 spiro atoms. The highest BCUT2D eigenvalue weighted by atomic mass is 32.2. The van der Waals surface area contributed by atoms with Crippen LogP contribution in [0.4, 0.5) is 19.0 Å². The quantitative estimate of drug-likeness (QED) is 0.797. The van der Waals surface area contributed by atoms with Gasteiger partial charge in [0.2, 0.25) is 0 Å². The second-order valence-corrected chi connectivity index (χ2v) is 6.65. The molecular formula is C14H12F3N3O4S. The van der Waals surface area contributed by atoms with E-state index in [0.717, 1.165) is 12.1 Å². The third-order valence-corrected chi connectivity index (χ3v) is 4.47. The van der Waals surface area contributed by atoms with Crippen molar-refractivity contribution < 1.29 is 31.1 Å². The summed E-state index contributed by atoms with van der Waals surface area (Å²) in [7, 11) is -3.99. The number of hydrazine groups is 1. The van der Waals surface area contributed by atoms with Crippen LogP contribution in [0, 0.1) is 0 Å². The Bertz CT molecular complexity index is 870. The zero-order valence-corrected chi connectivity index (χ0v) is 13.3. The Morgan fingerprint density at radius 2 is 1.76 bits per heavy atom. The van der Waals surface area contributed by atoms with Gasteiger partial charge in [-0.3, -0.25) is 5.43 Å². The average molecular weight is 375 g/mol. The average Bonchev–Trinajstić information content (AvgIpc) is 2.59. The normalized spacial score (nSPS) is 14.2. The molecule has 1 aromatic carbocycles. The van der Waals surface area contributed by atoms with E-state index in [0.29, 0.717) is 30.9 Å². The van der Waals surface area contributed by atoms with E-state index in [4.69, 9.17) is 9.47 Å². The van der Waals surface area contributed by atoms with Gasteiger partial charge in [-0.2, -0.15) is 13.2 Å². The van der Waals surface area contributed by atoms with Gasteiger partial charge in [-0.1, -0.05) is 0 Å². The van der Waals surface area contributed by atoms with Crippen molar-refractivity contribution in [3.05, 3.63) is 42.1 Å². The number of anilines is 1. The summed E-state index contributed by atoms with van der Waals surface area (Å²) < 4.78 is 72.5. The lowest BCUT2D eigenvalue weighted by atomic mass is 10.3. The van der Waals surface area contributed by atoms with Gasteiger partial charge in [0.25, 0.3) is 10.0 Å². The lowest BCUT2D eigenvalue weighted by Gasteiger charge is -2.19. The number of pyridine rings is 1. The van der Waals surface area contributed by atoms with Gasteiger partial charge in [-0.05, 0) is 24.3 Å². The smallest absolute Gasteiger partial charge is 0.417 e. The van der Waals surface area contributed by atoms with E-state index in [9.17, 15) is 21.6 Å². The molecule has 3 rings (SSSR count). The molecule has 1 aliphatic heterocycles. The van der Waals surface area contributed by atoms with Crippen LogP contribution in [0.2, 0.25) is 0 Å². The van der Waals surface area contributed by atoms with Crippen LogP contribution in [-0.2, 0) is 16.2 Å². The monoisotopic (exact) mass is 375 g/mol. The second-order valence-electron chi connectivity index (χ2n) is 4.97. The predicted octanol–water partition coefficient (Wildman–Crippen LogP) is 2.18. The molecule has 0 unspecified atom stereocenters. The fraction of sp³-hybridized carbons (Fsp3) is 0.214. The van der Waals surface area contributed by atoms with Crippen molar-refractivity contribution in [3.63, 3.8) is 0 Å². The van der Waals surface area contributed by atoms with E-state index in [-0.39, 0.29) is 10.7 Å². The summed E-state index contributed by atoms with van der Waals surface area (Å²) in [4.78, 5) is 5.45. The first kappa shape index (κ1) is 17.3. The molecule has 1 aromatic heterocycles. The standard InChI is InChI=1S/C14H12F3N3O4S/c15-14(16,17)9-1-4-13(18-8-9)19-20-25(21,22)10-2-3-11-12(7-10)24-6-5-23-11/h1-4,7-8,20H,5-6H2,(H,18,19). The number of ether oxygens (including phenoxy) is 2. The molecule has 0 aliphatic carbocycles. The molecule has 134 valence electrons. The molecule has 2 aromatic rings. The Kier molecular flexibility index (Phi) is 4.43. The lowest BCUT2D eigenvalue weighted by molar-refractivity contribution is -0.137. The van der Waals surface area contributed by atoms with Crippen LogP contribution in [0.15, 0.2) is 41.4 Å². The topological polar surface area (TPSA) is 89.6 Å². The van der Waals surface area contributed by atoms with Crippen LogP contribution in [0.25, 0.3) is 0 Å². The number of sulfonamides is 1. The summed E-state index contributed by atoms with van der Waals surface area (Å²) in [5, 5.41) is 0. The first-order valence-electron chi connectivity index (χ1n) is 6.96. The highest BCUT2D eigenvalue weighted by molar-refractivity contribution is 7.89. The Labute approximate surface area is 140 Å². The van der Waals surface area contributed by atoms with Crippen LogP contribution >= 0.6 is 0 Å². The number of hydrogen-bond donors (Lipinski definition) is 2. The minimum Gasteiger partial charge on any atom is -0.486 e. The van der Waals surface area contributed by atoms with Crippen molar-refractivity contribution in [1.29, 1.82) is 0 Å². The number of nitrogens with one attached hydrogen (secondary N) is 2. The minimum atomic E-state index is -4.52. The zero-order valence-electron chi connectivity index (χ0n) is 12.5. The molecule has 0 atom stereocenters. The van der Waals surface area contributed by atoms with Gasteiger partial charge in [0.05, 0.1) is 10.5 Å². The van der Waals surface area contributed by atoms with Crippen LogP contribution < -0.4 is 19.7 Å². The number of fused-ring (bicyclic) bond motifs is 1. The molecular weight excluding hydrogens is 363 g/mol. The van der Waals surface area contributed by atoms with Gasteiger partial charge in [0.1, 0.15) is 19.0 Å². The summed E-state index contributed by atoms with van der Waals surface area (Å²) >= 11 is 0. The number of hydrogen-bond acceptors (Lipinski definition) is 6. The van der Waals surface area contributed by atoms with E-state index >= 15 is 0 Å². The first-order chi connectivity index (χ1) is 11.8. The lowest BCUT2D eigenvalue weighted by Crippen LogP contribution is -2.30. The summed E-state index contributed by atoms with van der Waals surface area (Å²) in [6.45, 7) is 0.677. The fourth-order valence-electron chi connectivity index (χ4n) is 2.00. The molecule has 11 heteroatoms. The SMILES string of the molecule is O=S(=O)(NNc1ccc(C(F)(F)F)cn1)c1ccc2c(c1)OCCO2. The minimum absolute atomic E-state index is 0.0888. The maximum Gasteiger partial charge on any atom is 0.417 e. The molecule has 25 heavy (non-hydrogen) atoms. The predicted molar refractivity (Wildman–Crippen MR) is 80.6 cm³/mol. The molecule has 0 saturated carbocycles. The number of nitrogens with zero attached hydrogens (tertiary/aromatic N) is 1. The van der Waals surface area contributed by atoms with Crippen molar-refractivity contribution in [3.8, 4) is 11.5 Å². The van der Waals surface area contributed by atoms with Crippen molar-refractivity contribution in [2.24, 2.45) is 0 Å². The molecule has 0 radical (unpaired) electrons. The van der Waals surface area contributed by atoms with Gasteiger partial charge in [0.15, 0.2) is 11.5 Å². The number of benzene rings is 1. The van der Waals surface area contributed by atoms with Crippen LogP contribution in [0.1, 0.15) is 5.56 Å². The highest BCUT2D eigenvalue weighted by Crippen LogP contribution is 2.32. The molecule has 0 saturated heterocycles. The van der Waals surface area contributed by atoms with E-state index < -0.39 is 21.8 Å². The zero-order chi connectivity index (χ0) is 18.1. The summed E-state index contributed by atoms with van der Waals surface area (Å²) in [6, 6.07) is 5.86. The van der Waals surface area contributed by atoms with Gasteiger partial charge in [-0.25, -0.2) is 13.4 Å². The van der Waals surface area contributed by atoms with Crippen LogP contribution in [0.3, 0.4) is 0 Å². The third-order valence-electron chi connectivity index (χ3n) is 3.23. The summed E-state index contributed by atoms with van der Waals surface area (Å²) in [5.74, 6) is 0.637. The van der Waals surface area contributed by atoms with Gasteiger partial charge < -0.3 is 9.47 Å². The van der Waals surface area contributed by atoms with E-state index in [2.05, 4.69) is 10.4 Å². The van der Waals surface area contributed by atoms with Crippen molar-refractivity contribution in [2.45, 2.75) is 11.1 Å². The Hall–Kier alpha value is -2.53. The van der Waals surface area contributed by atoms with Crippen molar-refractivity contribution >= 4 is 15.8 Å². The summed E-state index contributed by atoms with van der Waals surface area (Å²) in [5.41, 5.74) is 1.32. The summed E-state index contributed by atoms with van der Waals surface area (Å²) in [6.07, 6.45) is -3.92. The maximum atomic E-state index is 12.5. The number of rotatable bonds is 4. The number of alkyl halides is 3. The highest BCUT2D eigenvalue weighted by Gasteiger charge is 2.30. The van der Waals surface area contributed by atoms with E-state index in [1.807, 2.05) is 4.83 Å². The third kappa shape index (κ3) is 3.94. The van der Waals surface area contributed by atoms with Crippen LogP contribution in [0.5, 0.6) is 11.5 Å². The Balaban J connectivity index is 1.71. The van der Waals surface area contributed by atoms with Crippen molar-refractivity contribution in [2.75, 3.05) is 18.6 Å². The molecule has 7 nitrogen and oxygen atoms in total. The maximum absolute atomic E-state index is 12.5. The second kappa shape index (κ2) is 6.41. The Morgan fingerprint density at radius 1 is 1.04 bits per heavy atom. The number of aromatic nitrogens is 1. The molecule has 0 fully saturated rings. The molecule has 0 bridgehead atoms. The Morgan fingerprint density at radius 3 is 2.40 bits per heavy atom. The van der Waals surface area contributed by atoms with E-state index in [1.54, 1.807) is 0 Å². The van der Waals surface area contributed by atoms with Crippen molar-refractivity contribution in [1.82, 2.24) is 9.82 Å². The van der Waals surface area contributed by atoms with Gasteiger partial charge in [0, 0.05) is 12.3 Å². The fourth-order valence-corrected chi connectivity index (χ4v) is 2.87. The molecule has 1 aliphatic rings. The van der Waals surface area contributed by atoms with Gasteiger partial charge in [-0.15, -0.1) is 4.83 Å². The molecule has 2 heterocycles. The number of halogens is 3.